The van der Waals surface area contributed by atoms with E-state index in [1.54, 1.807) is 0 Å². The second kappa shape index (κ2) is 13.0. The van der Waals surface area contributed by atoms with Crippen LogP contribution in [0.5, 0.6) is 0 Å². The highest BCUT2D eigenvalue weighted by Gasteiger charge is 2.19. The topological polar surface area (TPSA) is 48.5 Å². The molecule has 0 bridgehead atoms. The van der Waals surface area contributed by atoms with Crippen LogP contribution >= 0.6 is 0 Å². The molecule has 0 aliphatic carbocycles. The van der Waals surface area contributed by atoms with Gasteiger partial charge in [-0.05, 0) is 114 Å². The van der Waals surface area contributed by atoms with E-state index in [4.69, 9.17) is 4.98 Å². The van der Waals surface area contributed by atoms with E-state index in [1.807, 2.05) is 48.9 Å². The van der Waals surface area contributed by atoms with Crippen LogP contribution in [0.4, 0.5) is 0 Å². The molecular formula is C51H33N5. The Bertz CT molecular complexity index is 3160. The third kappa shape index (κ3) is 5.21. The summed E-state index contributed by atoms with van der Waals surface area (Å²) < 4.78 is 4.75. The number of benzene rings is 6. The summed E-state index contributed by atoms with van der Waals surface area (Å²) in [5.41, 5.74) is 16.3. The molecule has 0 aliphatic heterocycles. The molecule has 11 aromatic rings. The highest BCUT2D eigenvalue weighted by atomic mass is 15.0. The van der Waals surface area contributed by atoms with Crippen LogP contribution in [-0.2, 0) is 0 Å². The van der Waals surface area contributed by atoms with E-state index >= 15 is 0 Å². The standard InChI is InChI=1S/C51H33N5/c1-2-12-39(13-3-1)55-48-20-11-29-54-50(48)44-26-23-35(33-49(44)55)41-15-10-16-43-42-14-4-5-19-47(42)56(51(41)43)40-24-21-34(22-25-40)36-30-37(45-17-6-8-27-52-45)32-38(31-36)46-18-7-9-28-53-46/h1-33H. The van der Waals surface area contributed by atoms with Crippen LogP contribution in [0, 0.1) is 0 Å². The van der Waals surface area contributed by atoms with Crippen molar-refractivity contribution in [3.63, 3.8) is 0 Å². The molecule has 56 heavy (non-hydrogen) atoms. The van der Waals surface area contributed by atoms with E-state index in [1.165, 1.54) is 27.4 Å². The SMILES string of the molecule is c1ccc(-n2c3cc(-c4cccc5c6ccccc6n(-c6ccc(-c7cc(-c8ccccn8)cc(-c8ccccn8)c7)cc6)c45)ccc3c3ncccc32)cc1. The molecule has 0 unspecified atom stereocenters. The fourth-order valence-corrected chi connectivity index (χ4v) is 8.33. The molecule has 0 saturated heterocycles. The van der Waals surface area contributed by atoms with Crippen LogP contribution < -0.4 is 0 Å². The Morgan fingerprint density at radius 1 is 0.321 bits per heavy atom. The number of para-hydroxylation sites is 3. The molecule has 5 heterocycles. The van der Waals surface area contributed by atoms with E-state index in [9.17, 15) is 0 Å². The highest BCUT2D eigenvalue weighted by Crippen LogP contribution is 2.41. The van der Waals surface area contributed by atoms with Crippen molar-refractivity contribution in [2.24, 2.45) is 0 Å². The van der Waals surface area contributed by atoms with E-state index in [0.29, 0.717) is 0 Å². The maximum absolute atomic E-state index is 4.83. The Hall–Kier alpha value is -7.63. The molecule has 0 fully saturated rings. The Labute approximate surface area is 323 Å². The summed E-state index contributed by atoms with van der Waals surface area (Å²) in [6.07, 6.45) is 5.57. The zero-order valence-corrected chi connectivity index (χ0v) is 30.3. The maximum Gasteiger partial charge on any atom is 0.0963 e. The normalized spacial score (nSPS) is 11.6. The van der Waals surface area contributed by atoms with Gasteiger partial charge in [0.05, 0.1) is 39.0 Å². The lowest BCUT2D eigenvalue weighted by molar-refractivity contribution is 1.17. The van der Waals surface area contributed by atoms with Crippen molar-refractivity contribution in [3.8, 4) is 56.1 Å². The van der Waals surface area contributed by atoms with Crippen LogP contribution in [-0.4, -0.2) is 24.1 Å². The second-order valence-corrected chi connectivity index (χ2v) is 14.1. The van der Waals surface area contributed by atoms with Crippen LogP contribution in [0.3, 0.4) is 0 Å². The van der Waals surface area contributed by atoms with E-state index in [0.717, 1.165) is 72.5 Å². The number of pyridine rings is 3. The lowest BCUT2D eigenvalue weighted by Gasteiger charge is -2.14. The molecule has 0 radical (unpaired) electrons. The van der Waals surface area contributed by atoms with Gasteiger partial charge in [0.15, 0.2) is 0 Å². The van der Waals surface area contributed by atoms with Crippen LogP contribution in [0.1, 0.15) is 0 Å². The minimum absolute atomic E-state index is 0.930. The molecule has 0 N–H and O–H groups in total. The number of aromatic nitrogens is 5. The third-order valence-electron chi connectivity index (χ3n) is 10.9. The maximum atomic E-state index is 4.83. The van der Waals surface area contributed by atoms with Crippen LogP contribution in [0.2, 0.25) is 0 Å². The van der Waals surface area contributed by atoms with E-state index < -0.39 is 0 Å². The summed E-state index contributed by atoms with van der Waals surface area (Å²) in [5, 5.41) is 3.57. The van der Waals surface area contributed by atoms with Gasteiger partial charge in [-0.2, -0.15) is 0 Å². The van der Waals surface area contributed by atoms with Gasteiger partial charge in [0.25, 0.3) is 0 Å². The fourth-order valence-electron chi connectivity index (χ4n) is 8.33. The first-order chi connectivity index (χ1) is 27.8. The number of rotatable bonds is 6. The van der Waals surface area contributed by atoms with Gasteiger partial charge in [-0.25, -0.2) is 0 Å². The molecule has 5 aromatic heterocycles. The highest BCUT2D eigenvalue weighted by molar-refractivity contribution is 6.15. The van der Waals surface area contributed by atoms with Gasteiger partial charge in [0.1, 0.15) is 0 Å². The molecule has 0 saturated carbocycles. The van der Waals surface area contributed by atoms with Crippen molar-refractivity contribution < 1.29 is 0 Å². The second-order valence-electron chi connectivity index (χ2n) is 14.1. The Morgan fingerprint density at radius 2 is 0.946 bits per heavy atom. The molecule has 6 aromatic carbocycles. The number of hydrogen-bond acceptors (Lipinski definition) is 3. The van der Waals surface area contributed by atoms with Gasteiger partial charge in [-0.15, -0.1) is 0 Å². The van der Waals surface area contributed by atoms with Gasteiger partial charge >= 0.3 is 0 Å². The fraction of sp³-hybridized carbons (Fsp3) is 0. The Balaban J connectivity index is 1.09. The monoisotopic (exact) mass is 715 g/mol. The predicted octanol–water partition coefficient (Wildman–Crippen LogP) is 12.7. The van der Waals surface area contributed by atoms with E-state index in [-0.39, 0.29) is 0 Å². The molecule has 5 nitrogen and oxygen atoms in total. The number of fused-ring (bicyclic) bond motifs is 6. The van der Waals surface area contributed by atoms with Crippen molar-refractivity contribution in [2.45, 2.75) is 0 Å². The minimum Gasteiger partial charge on any atom is -0.309 e. The zero-order valence-electron chi connectivity index (χ0n) is 30.3. The average Bonchev–Trinajstić information content (AvgIpc) is 3.80. The largest absolute Gasteiger partial charge is 0.309 e. The summed E-state index contributed by atoms with van der Waals surface area (Å²) in [7, 11) is 0. The van der Waals surface area contributed by atoms with Crippen molar-refractivity contribution in [3.05, 3.63) is 201 Å². The van der Waals surface area contributed by atoms with Crippen molar-refractivity contribution >= 4 is 43.7 Å². The quantitative estimate of drug-likeness (QED) is 0.172. The molecule has 0 amide bonds. The molecular weight excluding hydrogens is 683 g/mol. The molecule has 262 valence electrons. The van der Waals surface area contributed by atoms with E-state index in [2.05, 4.69) is 171 Å². The Kier molecular flexibility index (Phi) is 7.42. The van der Waals surface area contributed by atoms with Gasteiger partial charge < -0.3 is 9.13 Å². The Morgan fingerprint density at radius 3 is 1.70 bits per heavy atom. The van der Waals surface area contributed by atoms with Gasteiger partial charge in [-0.3, -0.25) is 15.0 Å². The molecule has 0 aliphatic rings. The average molecular weight is 716 g/mol. The third-order valence-corrected chi connectivity index (χ3v) is 10.9. The summed E-state index contributed by atoms with van der Waals surface area (Å²) in [6.45, 7) is 0. The van der Waals surface area contributed by atoms with Crippen molar-refractivity contribution in [1.82, 2.24) is 24.1 Å². The van der Waals surface area contributed by atoms with Crippen LogP contribution in [0.15, 0.2) is 201 Å². The summed E-state index contributed by atoms with van der Waals surface area (Å²) in [4.78, 5) is 14.2. The lowest BCUT2D eigenvalue weighted by atomic mass is 9.96. The first-order valence-corrected chi connectivity index (χ1v) is 18.8. The summed E-state index contributed by atoms with van der Waals surface area (Å²) >= 11 is 0. The van der Waals surface area contributed by atoms with Gasteiger partial charge in [-0.1, -0.05) is 84.9 Å². The molecule has 0 atom stereocenters. The van der Waals surface area contributed by atoms with Crippen LogP contribution in [0.25, 0.3) is 99.9 Å². The van der Waals surface area contributed by atoms with Gasteiger partial charge in [0, 0.05) is 62.8 Å². The smallest absolute Gasteiger partial charge is 0.0963 e. The summed E-state index contributed by atoms with van der Waals surface area (Å²) in [5.74, 6) is 0. The zero-order chi connectivity index (χ0) is 37.0. The predicted molar refractivity (Wildman–Crippen MR) is 230 cm³/mol. The molecule has 5 heteroatoms. The van der Waals surface area contributed by atoms with Crippen molar-refractivity contribution in [1.29, 1.82) is 0 Å². The minimum atomic E-state index is 0.930. The number of hydrogen-bond donors (Lipinski definition) is 0. The lowest BCUT2D eigenvalue weighted by Crippen LogP contribution is -1.96. The molecule has 0 spiro atoms. The first kappa shape index (κ1) is 31.9. The van der Waals surface area contributed by atoms with Gasteiger partial charge in [0.2, 0.25) is 0 Å². The van der Waals surface area contributed by atoms with Crippen molar-refractivity contribution in [2.75, 3.05) is 0 Å². The molecule has 11 rings (SSSR count). The summed E-state index contributed by atoms with van der Waals surface area (Å²) in [6, 6.07) is 64.6. The first-order valence-electron chi connectivity index (χ1n) is 18.8. The number of nitrogens with zero attached hydrogens (tertiary/aromatic N) is 5.